The van der Waals surface area contributed by atoms with Crippen molar-refractivity contribution in [3.05, 3.63) is 15.8 Å². The Kier molecular flexibility index (Phi) is 2.81. The summed E-state index contributed by atoms with van der Waals surface area (Å²) in [7, 11) is 1.75. The van der Waals surface area contributed by atoms with Crippen LogP contribution in [0.1, 0.15) is 38.8 Å². The third-order valence-corrected chi connectivity index (χ3v) is 3.49. The molecule has 1 heterocycles. The van der Waals surface area contributed by atoms with Crippen molar-refractivity contribution in [2.75, 3.05) is 5.32 Å². The molecule has 1 N–H and O–H groups in total. The van der Waals surface area contributed by atoms with Crippen molar-refractivity contribution >= 4 is 11.5 Å². The van der Waals surface area contributed by atoms with E-state index in [2.05, 4.69) is 17.3 Å². The molecule has 0 atom stereocenters. The molecule has 0 aliphatic heterocycles. The van der Waals surface area contributed by atoms with E-state index in [0.29, 0.717) is 17.9 Å². The van der Waals surface area contributed by atoms with Gasteiger partial charge in [0.05, 0.1) is 4.92 Å². The second kappa shape index (κ2) is 4.01. The molecule has 17 heavy (non-hydrogen) atoms. The van der Waals surface area contributed by atoms with E-state index in [9.17, 15) is 10.1 Å². The molecule has 0 unspecified atom stereocenters. The van der Waals surface area contributed by atoms with Gasteiger partial charge in [-0.2, -0.15) is 5.10 Å². The fourth-order valence-corrected chi connectivity index (χ4v) is 2.26. The van der Waals surface area contributed by atoms with Crippen molar-refractivity contribution in [1.82, 2.24) is 9.78 Å². The minimum atomic E-state index is -0.337. The third-order valence-electron chi connectivity index (χ3n) is 3.49. The quantitative estimate of drug-likeness (QED) is 0.645. The Morgan fingerprint density at radius 2 is 2.24 bits per heavy atom. The Morgan fingerprint density at radius 3 is 2.65 bits per heavy atom. The molecule has 6 nitrogen and oxygen atoms in total. The van der Waals surface area contributed by atoms with E-state index in [4.69, 9.17) is 0 Å². The van der Waals surface area contributed by atoms with Gasteiger partial charge < -0.3 is 5.32 Å². The maximum absolute atomic E-state index is 11.1. The van der Waals surface area contributed by atoms with Crippen LogP contribution in [0.2, 0.25) is 0 Å². The number of nitrogens with one attached hydrogen (secondary N) is 1. The average molecular weight is 238 g/mol. The summed E-state index contributed by atoms with van der Waals surface area (Å²) in [4.78, 5) is 10.8. The Hall–Kier alpha value is -1.59. The summed E-state index contributed by atoms with van der Waals surface area (Å²) >= 11 is 0. The molecule has 1 aliphatic rings. The average Bonchev–Trinajstić information content (AvgIpc) is 2.53. The summed E-state index contributed by atoms with van der Waals surface area (Å²) in [6.45, 7) is 3.98. The normalized spacial score (nSPS) is 17.6. The van der Waals surface area contributed by atoms with Crippen LogP contribution in [0.25, 0.3) is 0 Å². The van der Waals surface area contributed by atoms with Crippen LogP contribution in [-0.2, 0) is 13.5 Å². The van der Waals surface area contributed by atoms with Gasteiger partial charge in [0.1, 0.15) is 5.69 Å². The van der Waals surface area contributed by atoms with Crippen molar-refractivity contribution in [3.63, 3.8) is 0 Å². The first-order valence-electron chi connectivity index (χ1n) is 5.95. The summed E-state index contributed by atoms with van der Waals surface area (Å²) in [5.41, 5.74) is 0.662. The van der Waals surface area contributed by atoms with Gasteiger partial charge in [-0.05, 0) is 32.6 Å². The van der Waals surface area contributed by atoms with Gasteiger partial charge in [-0.25, -0.2) is 4.68 Å². The molecular formula is C11H18N4O2. The molecule has 0 radical (unpaired) electrons. The van der Waals surface area contributed by atoms with Crippen LogP contribution in [-0.4, -0.2) is 20.2 Å². The molecule has 0 spiro atoms. The molecule has 1 aromatic heterocycles. The molecule has 0 aromatic carbocycles. The van der Waals surface area contributed by atoms with Crippen LogP contribution in [0.4, 0.5) is 11.5 Å². The van der Waals surface area contributed by atoms with E-state index in [1.165, 1.54) is 6.42 Å². The number of aromatic nitrogens is 2. The Morgan fingerprint density at radius 1 is 1.59 bits per heavy atom. The Bertz CT molecular complexity index is 449. The lowest BCUT2D eigenvalue weighted by molar-refractivity contribution is -0.384. The summed E-state index contributed by atoms with van der Waals surface area (Å²) in [5.74, 6) is 0.536. The smallest absolute Gasteiger partial charge is 0.333 e. The third kappa shape index (κ3) is 1.99. The van der Waals surface area contributed by atoms with Crippen molar-refractivity contribution in [3.8, 4) is 0 Å². The van der Waals surface area contributed by atoms with Crippen LogP contribution in [0.15, 0.2) is 0 Å². The lowest BCUT2D eigenvalue weighted by atomic mass is 9.78. The maximum Gasteiger partial charge on any atom is 0.333 e. The van der Waals surface area contributed by atoms with Crippen LogP contribution < -0.4 is 5.32 Å². The zero-order chi connectivity index (χ0) is 12.6. The highest BCUT2D eigenvalue weighted by Gasteiger charge is 2.36. The molecule has 1 aliphatic carbocycles. The van der Waals surface area contributed by atoms with Crippen molar-refractivity contribution in [1.29, 1.82) is 0 Å². The largest absolute Gasteiger partial charge is 0.359 e. The topological polar surface area (TPSA) is 73.0 Å². The fraction of sp³-hybridized carbons (Fsp3) is 0.727. The number of nitro groups is 1. The first-order valence-corrected chi connectivity index (χ1v) is 5.95. The SMILES string of the molecule is CCc1nn(C)c(NC2(C)CCC2)c1[N+](=O)[O-]. The highest BCUT2D eigenvalue weighted by atomic mass is 16.6. The van der Waals surface area contributed by atoms with E-state index in [1.807, 2.05) is 6.92 Å². The van der Waals surface area contributed by atoms with Crippen LogP contribution in [0.5, 0.6) is 0 Å². The highest BCUT2D eigenvalue weighted by molar-refractivity contribution is 5.61. The zero-order valence-electron chi connectivity index (χ0n) is 10.5. The molecule has 0 saturated heterocycles. The number of anilines is 1. The van der Waals surface area contributed by atoms with E-state index < -0.39 is 0 Å². The summed E-state index contributed by atoms with van der Waals surface area (Å²) in [6, 6.07) is 0. The number of hydrogen-bond donors (Lipinski definition) is 1. The molecule has 0 amide bonds. The molecule has 0 bridgehead atoms. The minimum absolute atomic E-state index is 0.0104. The van der Waals surface area contributed by atoms with Crippen LogP contribution in [0, 0.1) is 10.1 Å². The van der Waals surface area contributed by atoms with E-state index in [0.717, 1.165) is 12.8 Å². The van der Waals surface area contributed by atoms with Gasteiger partial charge in [-0.3, -0.25) is 10.1 Å². The summed E-state index contributed by atoms with van der Waals surface area (Å²) in [6.07, 6.45) is 3.85. The Labute approximate surface area is 100 Å². The molecule has 1 fully saturated rings. The van der Waals surface area contributed by atoms with Gasteiger partial charge in [0.15, 0.2) is 0 Å². The first-order chi connectivity index (χ1) is 7.97. The standard InChI is InChI=1S/C11H18N4O2/c1-4-8-9(15(16)17)10(14(3)13-8)12-11(2)6-5-7-11/h12H,4-7H2,1-3H3. The number of aryl methyl sites for hydroxylation is 2. The van der Waals surface area contributed by atoms with E-state index in [-0.39, 0.29) is 16.1 Å². The predicted octanol–water partition coefficient (Wildman–Crippen LogP) is 2.25. The molecule has 1 saturated carbocycles. The van der Waals surface area contributed by atoms with Crippen molar-refractivity contribution < 1.29 is 4.92 Å². The summed E-state index contributed by atoms with van der Waals surface area (Å²) < 4.78 is 1.58. The fourth-order valence-electron chi connectivity index (χ4n) is 2.26. The van der Waals surface area contributed by atoms with Gasteiger partial charge in [-0.1, -0.05) is 6.92 Å². The van der Waals surface area contributed by atoms with Crippen molar-refractivity contribution in [2.45, 2.75) is 45.1 Å². The van der Waals surface area contributed by atoms with Gasteiger partial charge in [0.2, 0.25) is 5.82 Å². The van der Waals surface area contributed by atoms with Crippen LogP contribution >= 0.6 is 0 Å². The first kappa shape index (κ1) is 11.9. The molecule has 94 valence electrons. The Balaban J connectivity index is 2.37. The maximum atomic E-state index is 11.1. The predicted molar refractivity (Wildman–Crippen MR) is 65.1 cm³/mol. The second-order valence-electron chi connectivity index (χ2n) is 4.92. The molecule has 1 aromatic rings. The van der Waals surface area contributed by atoms with Gasteiger partial charge in [0, 0.05) is 12.6 Å². The van der Waals surface area contributed by atoms with Gasteiger partial charge in [-0.15, -0.1) is 0 Å². The molecule has 6 heteroatoms. The number of nitrogens with zero attached hydrogens (tertiary/aromatic N) is 3. The monoisotopic (exact) mass is 238 g/mol. The van der Waals surface area contributed by atoms with E-state index >= 15 is 0 Å². The van der Waals surface area contributed by atoms with Gasteiger partial charge >= 0.3 is 5.69 Å². The lowest BCUT2D eigenvalue weighted by Gasteiger charge is -2.39. The molecule has 2 rings (SSSR count). The summed E-state index contributed by atoms with van der Waals surface area (Å²) in [5, 5.41) is 18.6. The number of hydrogen-bond acceptors (Lipinski definition) is 4. The molecular weight excluding hydrogens is 220 g/mol. The van der Waals surface area contributed by atoms with Gasteiger partial charge in [0.25, 0.3) is 0 Å². The van der Waals surface area contributed by atoms with E-state index in [1.54, 1.807) is 11.7 Å². The van der Waals surface area contributed by atoms with Crippen LogP contribution in [0.3, 0.4) is 0 Å². The zero-order valence-corrected chi connectivity index (χ0v) is 10.5. The lowest BCUT2D eigenvalue weighted by Crippen LogP contribution is -2.42. The minimum Gasteiger partial charge on any atom is -0.359 e. The second-order valence-corrected chi connectivity index (χ2v) is 4.92. The van der Waals surface area contributed by atoms with Crippen molar-refractivity contribution in [2.24, 2.45) is 7.05 Å². The highest BCUT2D eigenvalue weighted by Crippen LogP contribution is 2.38. The number of rotatable bonds is 4.